The van der Waals surface area contributed by atoms with E-state index in [4.69, 9.17) is 14.2 Å². The first kappa shape index (κ1) is 22.9. The Kier molecular flexibility index (Phi) is 7.14. The van der Waals surface area contributed by atoms with Crippen LogP contribution in [-0.4, -0.2) is 42.8 Å². The molecule has 3 aliphatic rings. The molecule has 0 N–H and O–H groups in total. The molecule has 3 fully saturated rings. The lowest BCUT2D eigenvalue weighted by Crippen LogP contribution is -2.43. The lowest BCUT2D eigenvalue weighted by atomic mass is 9.93. The minimum atomic E-state index is -0.317. The van der Waals surface area contributed by atoms with Gasteiger partial charge in [0.1, 0.15) is 6.61 Å². The van der Waals surface area contributed by atoms with Gasteiger partial charge >= 0.3 is 12.1 Å². The summed E-state index contributed by atoms with van der Waals surface area (Å²) in [6.45, 7) is 2.14. The monoisotopic (exact) mass is 463 g/mol. The number of amides is 1. The fraction of sp³-hybridized carbons (Fsp3) is 0.500. The van der Waals surface area contributed by atoms with Crippen molar-refractivity contribution >= 4 is 12.1 Å². The summed E-state index contributed by atoms with van der Waals surface area (Å²) in [6.07, 6.45) is 6.13. The molecule has 0 radical (unpaired) electrons. The molecule has 180 valence electrons. The molecule has 6 heteroatoms. The van der Waals surface area contributed by atoms with Crippen LogP contribution in [0.15, 0.2) is 54.6 Å². The fourth-order valence-corrected chi connectivity index (χ4v) is 4.38. The molecule has 1 aliphatic heterocycles. The molecule has 34 heavy (non-hydrogen) atoms. The molecule has 0 aromatic heterocycles. The predicted octanol–water partition coefficient (Wildman–Crippen LogP) is 5.52. The van der Waals surface area contributed by atoms with Crippen molar-refractivity contribution in [2.75, 3.05) is 19.8 Å². The average molecular weight is 464 g/mol. The van der Waals surface area contributed by atoms with Gasteiger partial charge in [-0.1, -0.05) is 42.5 Å². The number of carbonyl (C=O) groups is 2. The lowest BCUT2D eigenvalue weighted by Gasteiger charge is -2.39. The van der Waals surface area contributed by atoms with Crippen molar-refractivity contribution < 1.29 is 23.8 Å². The number of benzene rings is 2. The van der Waals surface area contributed by atoms with Crippen LogP contribution in [-0.2, 0) is 20.8 Å². The van der Waals surface area contributed by atoms with Crippen molar-refractivity contribution in [2.45, 2.75) is 57.3 Å². The Hall–Kier alpha value is -2.86. The second kappa shape index (κ2) is 10.6. The Morgan fingerprint density at radius 2 is 1.53 bits per heavy atom. The summed E-state index contributed by atoms with van der Waals surface area (Å²) < 4.78 is 17.2. The van der Waals surface area contributed by atoms with Gasteiger partial charge in [-0.05, 0) is 73.6 Å². The molecule has 6 nitrogen and oxygen atoms in total. The summed E-state index contributed by atoms with van der Waals surface area (Å²) in [5, 5.41) is 0. The first-order chi connectivity index (χ1) is 16.7. The quantitative estimate of drug-likeness (QED) is 0.458. The maximum absolute atomic E-state index is 13.1. The number of hydrogen-bond donors (Lipinski definition) is 0. The third kappa shape index (κ3) is 6.17. The summed E-state index contributed by atoms with van der Waals surface area (Å²) >= 11 is 0. The van der Waals surface area contributed by atoms with Crippen LogP contribution in [0, 0.1) is 11.8 Å². The Bertz CT molecular complexity index is 968. The van der Waals surface area contributed by atoms with Crippen LogP contribution in [0.2, 0.25) is 0 Å². The Labute approximate surface area is 201 Å². The predicted molar refractivity (Wildman–Crippen MR) is 127 cm³/mol. The largest absolute Gasteiger partial charge is 0.462 e. The highest BCUT2D eigenvalue weighted by atomic mass is 16.6. The SMILES string of the molecule is O=C(OCC1CC1)c1ccc([C@@H]2C[C@@H](OCC3CC3)CCN2C(=O)OCc2ccccc2)cc1. The fourth-order valence-electron chi connectivity index (χ4n) is 4.38. The van der Waals surface area contributed by atoms with E-state index in [1.165, 1.54) is 12.8 Å². The lowest BCUT2D eigenvalue weighted by molar-refractivity contribution is -0.0208. The standard InChI is InChI=1S/C28H33NO5/c30-27(33-18-22-8-9-22)24-12-10-23(11-13-24)26-16-25(32-17-21-6-7-21)14-15-29(26)28(31)34-19-20-4-2-1-3-5-20/h1-5,10-13,21-22,25-26H,6-9,14-19H2/t25-,26-/m0/s1. The van der Waals surface area contributed by atoms with E-state index in [2.05, 4.69) is 0 Å². The van der Waals surface area contributed by atoms with Crippen molar-refractivity contribution in [3.8, 4) is 0 Å². The van der Waals surface area contributed by atoms with E-state index in [1.807, 2.05) is 42.5 Å². The molecule has 0 unspecified atom stereocenters. The summed E-state index contributed by atoms with van der Waals surface area (Å²) in [7, 11) is 0. The van der Waals surface area contributed by atoms with Gasteiger partial charge in [-0.15, -0.1) is 0 Å². The molecule has 2 atom stereocenters. The molecule has 2 aromatic carbocycles. The Morgan fingerprint density at radius 1 is 0.824 bits per heavy atom. The third-order valence-electron chi connectivity index (χ3n) is 6.94. The number of carbonyl (C=O) groups excluding carboxylic acids is 2. The van der Waals surface area contributed by atoms with E-state index >= 15 is 0 Å². The molecular formula is C28H33NO5. The minimum absolute atomic E-state index is 0.118. The maximum Gasteiger partial charge on any atom is 0.410 e. The molecule has 1 amide bonds. The number of esters is 1. The van der Waals surface area contributed by atoms with E-state index in [0.29, 0.717) is 30.6 Å². The number of piperidine rings is 1. The van der Waals surface area contributed by atoms with Crippen molar-refractivity contribution in [3.63, 3.8) is 0 Å². The highest BCUT2D eigenvalue weighted by molar-refractivity contribution is 5.89. The van der Waals surface area contributed by atoms with Crippen LogP contribution >= 0.6 is 0 Å². The maximum atomic E-state index is 13.1. The second-order valence-electron chi connectivity index (χ2n) is 9.84. The van der Waals surface area contributed by atoms with Crippen LogP contribution < -0.4 is 0 Å². The van der Waals surface area contributed by atoms with Gasteiger partial charge in [0.05, 0.1) is 24.3 Å². The number of nitrogens with zero attached hydrogens (tertiary/aromatic N) is 1. The van der Waals surface area contributed by atoms with E-state index < -0.39 is 0 Å². The van der Waals surface area contributed by atoms with Crippen LogP contribution in [0.4, 0.5) is 4.79 Å². The summed E-state index contributed by atoms with van der Waals surface area (Å²) in [5.74, 6) is 0.952. The number of hydrogen-bond acceptors (Lipinski definition) is 5. The smallest absolute Gasteiger partial charge is 0.410 e. The molecule has 2 aromatic rings. The molecule has 1 saturated heterocycles. The number of likely N-dealkylation sites (tertiary alicyclic amines) is 1. The van der Waals surface area contributed by atoms with Gasteiger partial charge in [-0.2, -0.15) is 0 Å². The van der Waals surface area contributed by atoms with Gasteiger partial charge < -0.3 is 19.1 Å². The zero-order valence-electron chi connectivity index (χ0n) is 19.6. The summed E-state index contributed by atoms with van der Waals surface area (Å²) in [6, 6.07) is 17.0. The minimum Gasteiger partial charge on any atom is -0.462 e. The van der Waals surface area contributed by atoms with Gasteiger partial charge in [0.2, 0.25) is 0 Å². The molecule has 1 heterocycles. The van der Waals surface area contributed by atoms with Crippen LogP contribution in [0.3, 0.4) is 0 Å². The third-order valence-corrected chi connectivity index (χ3v) is 6.94. The normalized spacial score (nSPS) is 22.3. The zero-order valence-corrected chi connectivity index (χ0v) is 19.6. The van der Waals surface area contributed by atoms with E-state index in [1.54, 1.807) is 17.0 Å². The average Bonchev–Trinajstić information content (AvgIpc) is 3.81. The topological polar surface area (TPSA) is 65.1 Å². The van der Waals surface area contributed by atoms with E-state index in [-0.39, 0.29) is 30.8 Å². The molecule has 5 rings (SSSR count). The van der Waals surface area contributed by atoms with Gasteiger partial charge in [-0.25, -0.2) is 9.59 Å². The molecule has 0 bridgehead atoms. The van der Waals surface area contributed by atoms with E-state index in [9.17, 15) is 9.59 Å². The van der Waals surface area contributed by atoms with Crippen molar-refractivity contribution in [3.05, 3.63) is 71.3 Å². The van der Waals surface area contributed by atoms with Crippen LogP contribution in [0.5, 0.6) is 0 Å². The second-order valence-corrected chi connectivity index (χ2v) is 9.84. The van der Waals surface area contributed by atoms with Crippen molar-refractivity contribution in [2.24, 2.45) is 11.8 Å². The molecule has 0 spiro atoms. The zero-order chi connectivity index (χ0) is 23.3. The van der Waals surface area contributed by atoms with E-state index in [0.717, 1.165) is 43.4 Å². The van der Waals surface area contributed by atoms with Gasteiger partial charge in [-0.3, -0.25) is 0 Å². The molecule has 2 aliphatic carbocycles. The first-order valence-corrected chi connectivity index (χ1v) is 12.5. The van der Waals surface area contributed by atoms with Crippen LogP contribution in [0.25, 0.3) is 0 Å². The van der Waals surface area contributed by atoms with Gasteiger partial charge in [0, 0.05) is 13.2 Å². The molecular weight excluding hydrogens is 430 g/mol. The first-order valence-electron chi connectivity index (χ1n) is 12.5. The number of rotatable bonds is 9. The Morgan fingerprint density at radius 3 is 2.24 bits per heavy atom. The highest BCUT2D eigenvalue weighted by Crippen LogP contribution is 2.36. The summed E-state index contributed by atoms with van der Waals surface area (Å²) in [4.78, 5) is 27.2. The van der Waals surface area contributed by atoms with Crippen LogP contribution in [0.1, 0.15) is 66.1 Å². The number of ether oxygens (including phenoxy) is 3. The Balaban J connectivity index is 1.25. The molecule has 2 saturated carbocycles. The summed E-state index contributed by atoms with van der Waals surface area (Å²) in [5.41, 5.74) is 2.49. The van der Waals surface area contributed by atoms with Gasteiger partial charge in [0.15, 0.2) is 0 Å². The van der Waals surface area contributed by atoms with Gasteiger partial charge in [0.25, 0.3) is 0 Å². The highest BCUT2D eigenvalue weighted by Gasteiger charge is 2.35. The van der Waals surface area contributed by atoms with Crippen molar-refractivity contribution in [1.82, 2.24) is 4.90 Å². The van der Waals surface area contributed by atoms with Crippen molar-refractivity contribution in [1.29, 1.82) is 0 Å².